The average molecular weight is 248 g/mol. The van der Waals surface area contributed by atoms with E-state index in [1.165, 1.54) is 32.1 Å². The van der Waals surface area contributed by atoms with Crippen LogP contribution in [0.4, 0.5) is 0 Å². The van der Waals surface area contributed by atoms with Gasteiger partial charge in [-0.15, -0.1) is 0 Å². The molecular formula is C15H20O3. The van der Waals surface area contributed by atoms with Crippen molar-refractivity contribution < 1.29 is 14.6 Å². The van der Waals surface area contributed by atoms with Crippen LogP contribution in [0.15, 0.2) is 18.2 Å². The molecule has 1 aromatic rings. The maximum Gasteiger partial charge on any atom is 0.339 e. The highest BCUT2D eigenvalue weighted by Crippen LogP contribution is 2.26. The lowest BCUT2D eigenvalue weighted by Crippen LogP contribution is -2.16. The van der Waals surface area contributed by atoms with Crippen molar-refractivity contribution in [2.24, 2.45) is 5.92 Å². The van der Waals surface area contributed by atoms with Crippen LogP contribution in [-0.2, 0) is 0 Å². The average Bonchev–Trinajstić information content (AvgIpc) is 2.37. The van der Waals surface area contributed by atoms with Crippen molar-refractivity contribution in [3.05, 3.63) is 29.3 Å². The second-order valence-electron chi connectivity index (χ2n) is 5.12. The Balaban J connectivity index is 2.03. The summed E-state index contributed by atoms with van der Waals surface area (Å²) in [6.45, 7) is 2.59. The van der Waals surface area contributed by atoms with Gasteiger partial charge in [-0.3, -0.25) is 0 Å². The summed E-state index contributed by atoms with van der Waals surface area (Å²) in [7, 11) is 0. The zero-order valence-corrected chi connectivity index (χ0v) is 10.8. The third kappa shape index (κ3) is 3.25. The molecule has 0 radical (unpaired) electrons. The number of carbonyl (C=O) groups is 1. The first-order valence-electron chi connectivity index (χ1n) is 6.63. The molecule has 0 amide bonds. The van der Waals surface area contributed by atoms with Gasteiger partial charge in [-0.25, -0.2) is 4.79 Å². The fourth-order valence-electron chi connectivity index (χ4n) is 2.49. The van der Waals surface area contributed by atoms with Crippen molar-refractivity contribution in [2.45, 2.75) is 39.0 Å². The topological polar surface area (TPSA) is 46.5 Å². The van der Waals surface area contributed by atoms with Gasteiger partial charge in [0, 0.05) is 0 Å². The van der Waals surface area contributed by atoms with Gasteiger partial charge in [-0.2, -0.15) is 0 Å². The molecule has 0 heterocycles. The SMILES string of the molecule is Cc1ccc(C(=O)O)c(OCC2CCCCC2)c1. The molecular weight excluding hydrogens is 228 g/mol. The summed E-state index contributed by atoms with van der Waals surface area (Å²) in [5, 5.41) is 9.11. The van der Waals surface area contributed by atoms with E-state index in [1.54, 1.807) is 12.1 Å². The predicted molar refractivity (Wildman–Crippen MR) is 70.2 cm³/mol. The van der Waals surface area contributed by atoms with Crippen molar-refractivity contribution >= 4 is 5.97 Å². The Kier molecular flexibility index (Phi) is 4.24. The van der Waals surface area contributed by atoms with Crippen LogP contribution in [0, 0.1) is 12.8 Å². The minimum Gasteiger partial charge on any atom is -0.492 e. The first-order chi connectivity index (χ1) is 8.66. The van der Waals surface area contributed by atoms with Crippen molar-refractivity contribution in [2.75, 3.05) is 6.61 Å². The molecule has 2 rings (SSSR count). The van der Waals surface area contributed by atoms with Crippen LogP contribution >= 0.6 is 0 Å². The van der Waals surface area contributed by atoms with Gasteiger partial charge >= 0.3 is 5.97 Å². The standard InChI is InChI=1S/C15H20O3/c1-11-7-8-13(15(16)17)14(9-11)18-10-12-5-3-2-4-6-12/h7-9,12H,2-6,10H2,1H3,(H,16,17). The van der Waals surface area contributed by atoms with E-state index in [1.807, 2.05) is 13.0 Å². The van der Waals surface area contributed by atoms with Crippen LogP contribution in [0.5, 0.6) is 5.75 Å². The van der Waals surface area contributed by atoms with Gasteiger partial charge in [-0.1, -0.05) is 25.3 Å². The predicted octanol–water partition coefficient (Wildman–Crippen LogP) is 3.65. The molecule has 1 aliphatic carbocycles. The monoisotopic (exact) mass is 248 g/mol. The third-order valence-corrected chi connectivity index (χ3v) is 3.57. The highest BCUT2D eigenvalue weighted by atomic mass is 16.5. The third-order valence-electron chi connectivity index (χ3n) is 3.57. The second kappa shape index (κ2) is 5.89. The van der Waals surface area contributed by atoms with Crippen molar-refractivity contribution in [1.82, 2.24) is 0 Å². The summed E-state index contributed by atoms with van der Waals surface area (Å²) in [5.74, 6) is 0.169. The number of hydrogen-bond donors (Lipinski definition) is 1. The van der Waals surface area contributed by atoms with Crippen LogP contribution in [0.1, 0.15) is 48.0 Å². The van der Waals surface area contributed by atoms with Gasteiger partial charge in [0.25, 0.3) is 0 Å². The van der Waals surface area contributed by atoms with Gasteiger partial charge in [0.15, 0.2) is 0 Å². The summed E-state index contributed by atoms with van der Waals surface area (Å²) in [5.41, 5.74) is 1.29. The molecule has 3 nitrogen and oxygen atoms in total. The van der Waals surface area contributed by atoms with Crippen LogP contribution in [0.25, 0.3) is 0 Å². The molecule has 0 bridgehead atoms. The minimum atomic E-state index is -0.923. The summed E-state index contributed by atoms with van der Waals surface area (Å²) < 4.78 is 5.74. The number of carboxylic acids is 1. The molecule has 1 saturated carbocycles. The summed E-state index contributed by atoms with van der Waals surface area (Å²) in [6, 6.07) is 5.23. The molecule has 0 aromatic heterocycles. The molecule has 0 atom stereocenters. The first-order valence-corrected chi connectivity index (χ1v) is 6.63. The highest BCUT2D eigenvalue weighted by molar-refractivity contribution is 5.90. The molecule has 0 unspecified atom stereocenters. The van der Waals surface area contributed by atoms with Gasteiger partial charge in [-0.05, 0) is 43.4 Å². The van der Waals surface area contributed by atoms with Gasteiger partial charge in [0.2, 0.25) is 0 Å². The van der Waals surface area contributed by atoms with E-state index in [9.17, 15) is 4.79 Å². The number of aromatic carboxylic acids is 1. The quantitative estimate of drug-likeness (QED) is 0.884. The molecule has 0 aliphatic heterocycles. The van der Waals surface area contributed by atoms with Crippen LogP contribution in [0.3, 0.4) is 0 Å². The van der Waals surface area contributed by atoms with E-state index in [0.717, 1.165) is 5.56 Å². The Morgan fingerprint density at radius 2 is 2.06 bits per heavy atom. The van der Waals surface area contributed by atoms with E-state index in [0.29, 0.717) is 18.3 Å². The number of ether oxygens (including phenoxy) is 1. The van der Waals surface area contributed by atoms with E-state index in [-0.39, 0.29) is 5.56 Å². The molecule has 1 aromatic carbocycles. The van der Waals surface area contributed by atoms with Gasteiger partial charge in [0.05, 0.1) is 6.61 Å². The number of hydrogen-bond acceptors (Lipinski definition) is 2. The Bertz CT molecular complexity index is 420. The highest BCUT2D eigenvalue weighted by Gasteiger charge is 2.16. The Hall–Kier alpha value is -1.51. The molecule has 1 N–H and O–H groups in total. The van der Waals surface area contributed by atoms with Gasteiger partial charge < -0.3 is 9.84 Å². The lowest BCUT2D eigenvalue weighted by Gasteiger charge is -2.22. The van der Waals surface area contributed by atoms with Crippen molar-refractivity contribution in [1.29, 1.82) is 0 Å². The van der Waals surface area contributed by atoms with E-state index in [4.69, 9.17) is 9.84 Å². The van der Waals surface area contributed by atoms with Crippen LogP contribution in [0.2, 0.25) is 0 Å². The number of aryl methyl sites for hydroxylation is 1. The molecule has 18 heavy (non-hydrogen) atoms. The normalized spacial score (nSPS) is 16.5. The summed E-state index contributed by atoms with van der Waals surface area (Å²) in [6.07, 6.45) is 6.27. The Labute approximate surface area is 108 Å². The number of benzene rings is 1. The fourth-order valence-corrected chi connectivity index (χ4v) is 2.49. The van der Waals surface area contributed by atoms with Crippen molar-refractivity contribution in [3.63, 3.8) is 0 Å². The maximum absolute atomic E-state index is 11.1. The van der Waals surface area contributed by atoms with E-state index < -0.39 is 5.97 Å². The Morgan fingerprint density at radius 3 is 2.72 bits per heavy atom. The molecule has 3 heteroatoms. The zero-order chi connectivity index (χ0) is 13.0. The largest absolute Gasteiger partial charge is 0.492 e. The lowest BCUT2D eigenvalue weighted by atomic mass is 9.90. The Morgan fingerprint density at radius 1 is 1.33 bits per heavy atom. The van der Waals surface area contributed by atoms with Crippen LogP contribution in [-0.4, -0.2) is 17.7 Å². The molecule has 0 saturated heterocycles. The van der Waals surface area contributed by atoms with Gasteiger partial charge in [0.1, 0.15) is 11.3 Å². The minimum absolute atomic E-state index is 0.261. The molecule has 1 aliphatic rings. The van der Waals surface area contributed by atoms with Crippen molar-refractivity contribution in [3.8, 4) is 5.75 Å². The maximum atomic E-state index is 11.1. The smallest absolute Gasteiger partial charge is 0.339 e. The first kappa shape index (κ1) is 12.9. The van der Waals surface area contributed by atoms with E-state index in [2.05, 4.69) is 0 Å². The van der Waals surface area contributed by atoms with Crippen LogP contribution < -0.4 is 4.74 Å². The molecule has 1 fully saturated rings. The fraction of sp³-hybridized carbons (Fsp3) is 0.533. The lowest BCUT2D eigenvalue weighted by molar-refractivity contribution is 0.0690. The summed E-state index contributed by atoms with van der Waals surface area (Å²) >= 11 is 0. The second-order valence-corrected chi connectivity index (χ2v) is 5.12. The zero-order valence-electron chi connectivity index (χ0n) is 10.8. The summed E-state index contributed by atoms with van der Waals surface area (Å²) in [4.78, 5) is 11.1. The molecule has 0 spiro atoms. The van der Waals surface area contributed by atoms with E-state index >= 15 is 0 Å². The molecule has 98 valence electrons. The number of rotatable bonds is 4. The number of carboxylic acid groups (broad SMARTS) is 1.